The summed E-state index contributed by atoms with van der Waals surface area (Å²) in [5.41, 5.74) is 2.55. The Balaban J connectivity index is 2.79. The second-order valence-corrected chi connectivity index (χ2v) is 6.51. The third kappa shape index (κ3) is 5.84. The summed E-state index contributed by atoms with van der Waals surface area (Å²) in [6.45, 7) is 11.9. The second kappa shape index (κ2) is 7.76. The van der Waals surface area contributed by atoms with Crippen molar-refractivity contribution in [2.24, 2.45) is 11.8 Å². The van der Waals surface area contributed by atoms with Crippen molar-refractivity contribution in [1.29, 1.82) is 0 Å². The molecule has 0 aliphatic heterocycles. The van der Waals surface area contributed by atoms with E-state index in [4.69, 9.17) is 11.6 Å². The Bertz CT molecular complexity index is 388. The molecule has 0 fully saturated rings. The van der Waals surface area contributed by atoms with Gasteiger partial charge in [0.2, 0.25) is 0 Å². The molecule has 19 heavy (non-hydrogen) atoms. The topological polar surface area (TPSA) is 15.3 Å². The lowest BCUT2D eigenvalue weighted by Crippen LogP contribution is -2.25. The molecule has 0 aliphatic rings. The highest BCUT2D eigenvalue weighted by atomic mass is 35.5. The van der Waals surface area contributed by atoms with Crippen LogP contribution in [-0.4, -0.2) is 20.1 Å². The van der Waals surface area contributed by atoms with E-state index in [1.54, 1.807) is 0 Å². The van der Waals surface area contributed by atoms with Crippen molar-refractivity contribution in [2.75, 3.05) is 25.0 Å². The van der Waals surface area contributed by atoms with Gasteiger partial charge in [-0.3, -0.25) is 0 Å². The largest absolute Gasteiger partial charge is 0.374 e. The lowest BCUT2D eigenvalue weighted by Gasteiger charge is -2.25. The smallest absolute Gasteiger partial charge is 0.0410 e. The van der Waals surface area contributed by atoms with Gasteiger partial charge >= 0.3 is 0 Å². The van der Waals surface area contributed by atoms with Crippen LogP contribution in [0.3, 0.4) is 0 Å². The molecular formula is C16H27ClN2. The summed E-state index contributed by atoms with van der Waals surface area (Å²) in [4.78, 5) is 2.31. The maximum absolute atomic E-state index is 6.12. The minimum atomic E-state index is 0.650. The molecule has 3 heteroatoms. The Morgan fingerprint density at radius 1 is 1.16 bits per heavy atom. The summed E-state index contributed by atoms with van der Waals surface area (Å²) in [7, 11) is 2.15. The molecule has 1 aromatic rings. The minimum absolute atomic E-state index is 0.650. The van der Waals surface area contributed by atoms with Crippen molar-refractivity contribution in [3.63, 3.8) is 0 Å². The van der Waals surface area contributed by atoms with Crippen molar-refractivity contribution in [2.45, 2.75) is 34.2 Å². The van der Waals surface area contributed by atoms with Crippen LogP contribution in [0.25, 0.3) is 0 Å². The number of rotatable bonds is 7. The Morgan fingerprint density at radius 3 is 2.42 bits per heavy atom. The summed E-state index contributed by atoms with van der Waals surface area (Å²) in [5.74, 6) is 1.31. The maximum Gasteiger partial charge on any atom is 0.0410 e. The molecule has 0 radical (unpaired) electrons. The number of nitrogens with one attached hydrogen (secondary N) is 1. The average molecular weight is 283 g/mol. The van der Waals surface area contributed by atoms with Crippen molar-refractivity contribution >= 4 is 17.3 Å². The fraction of sp³-hybridized carbons (Fsp3) is 0.625. The van der Waals surface area contributed by atoms with Gasteiger partial charge in [0.1, 0.15) is 0 Å². The SMILES string of the molecule is CC(C)CNCc1cc(Cl)ccc1N(C)CC(C)C. The Kier molecular flexibility index (Phi) is 6.67. The fourth-order valence-corrected chi connectivity index (χ4v) is 2.40. The zero-order valence-corrected chi connectivity index (χ0v) is 13.6. The van der Waals surface area contributed by atoms with Crippen molar-refractivity contribution in [1.82, 2.24) is 5.32 Å². The second-order valence-electron chi connectivity index (χ2n) is 6.07. The molecule has 1 N–H and O–H groups in total. The van der Waals surface area contributed by atoms with E-state index in [0.717, 1.165) is 24.7 Å². The molecule has 0 saturated carbocycles. The average Bonchev–Trinajstić information content (AvgIpc) is 2.27. The van der Waals surface area contributed by atoms with Gasteiger partial charge in [0.05, 0.1) is 0 Å². The zero-order valence-electron chi connectivity index (χ0n) is 12.8. The molecular weight excluding hydrogens is 256 g/mol. The predicted molar refractivity (Wildman–Crippen MR) is 86.1 cm³/mol. The lowest BCUT2D eigenvalue weighted by atomic mass is 10.1. The summed E-state index contributed by atoms with van der Waals surface area (Å²) < 4.78 is 0. The van der Waals surface area contributed by atoms with Gasteiger partial charge in [-0.2, -0.15) is 0 Å². The first-order valence-electron chi connectivity index (χ1n) is 7.10. The van der Waals surface area contributed by atoms with E-state index in [1.807, 2.05) is 6.07 Å². The third-order valence-electron chi connectivity index (χ3n) is 2.96. The number of hydrogen-bond donors (Lipinski definition) is 1. The van der Waals surface area contributed by atoms with Gasteiger partial charge in [0, 0.05) is 30.8 Å². The van der Waals surface area contributed by atoms with Crippen LogP contribution in [0.1, 0.15) is 33.3 Å². The molecule has 2 nitrogen and oxygen atoms in total. The Labute approximate surface area is 123 Å². The van der Waals surface area contributed by atoms with E-state index in [2.05, 4.69) is 57.1 Å². The number of anilines is 1. The van der Waals surface area contributed by atoms with Gasteiger partial charge in [-0.1, -0.05) is 39.3 Å². The van der Waals surface area contributed by atoms with Crippen LogP contribution in [0.2, 0.25) is 5.02 Å². The van der Waals surface area contributed by atoms with Crippen LogP contribution >= 0.6 is 11.6 Å². The highest BCUT2D eigenvalue weighted by Gasteiger charge is 2.09. The summed E-state index contributed by atoms with van der Waals surface area (Å²) in [6, 6.07) is 6.16. The summed E-state index contributed by atoms with van der Waals surface area (Å²) in [5, 5.41) is 4.30. The van der Waals surface area contributed by atoms with Gasteiger partial charge in [0.15, 0.2) is 0 Å². The molecule has 1 aromatic carbocycles. The summed E-state index contributed by atoms with van der Waals surface area (Å²) >= 11 is 6.12. The molecule has 0 amide bonds. The molecule has 0 saturated heterocycles. The molecule has 108 valence electrons. The van der Waals surface area contributed by atoms with E-state index < -0.39 is 0 Å². The highest BCUT2D eigenvalue weighted by molar-refractivity contribution is 6.30. The molecule has 0 aliphatic carbocycles. The van der Waals surface area contributed by atoms with Crippen molar-refractivity contribution in [3.8, 4) is 0 Å². The van der Waals surface area contributed by atoms with E-state index in [-0.39, 0.29) is 0 Å². The first-order chi connectivity index (χ1) is 8.90. The van der Waals surface area contributed by atoms with Crippen LogP contribution in [0.15, 0.2) is 18.2 Å². The van der Waals surface area contributed by atoms with Gasteiger partial charge in [-0.25, -0.2) is 0 Å². The number of nitrogens with zero attached hydrogens (tertiary/aromatic N) is 1. The van der Waals surface area contributed by atoms with Crippen LogP contribution in [0.4, 0.5) is 5.69 Å². The van der Waals surface area contributed by atoms with Gasteiger partial charge in [-0.15, -0.1) is 0 Å². The van der Waals surface area contributed by atoms with Crippen molar-refractivity contribution in [3.05, 3.63) is 28.8 Å². The molecule has 0 bridgehead atoms. The lowest BCUT2D eigenvalue weighted by molar-refractivity contribution is 0.551. The van der Waals surface area contributed by atoms with Gasteiger partial charge in [-0.05, 0) is 42.1 Å². The van der Waals surface area contributed by atoms with Crippen molar-refractivity contribution < 1.29 is 0 Å². The van der Waals surface area contributed by atoms with E-state index in [0.29, 0.717) is 11.8 Å². The molecule has 0 atom stereocenters. The van der Waals surface area contributed by atoms with E-state index >= 15 is 0 Å². The minimum Gasteiger partial charge on any atom is -0.374 e. The number of hydrogen-bond acceptors (Lipinski definition) is 2. The number of halogens is 1. The van der Waals surface area contributed by atoms with E-state index in [9.17, 15) is 0 Å². The van der Waals surface area contributed by atoms with Gasteiger partial charge < -0.3 is 10.2 Å². The van der Waals surface area contributed by atoms with E-state index in [1.165, 1.54) is 11.3 Å². The molecule has 0 unspecified atom stereocenters. The standard InChI is InChI=1S/C16H27ClN2/c1-12(2)9-18-10-14-8-15(17)6-7-16(14)19(5)11-13(3)4/h6-8,12-13,18H,9-11H2,1-5H3. The maximum atomic E-state index is 6.12. The Morgan fingerprint density at radius 2 is 1.84 bits per heavy atom. The van der Waals surface area contributed by atoms with Crippen LogP contribution in [0.5, 0.6) is 0 Å². The van der Waals surface area contributed by atoms with Crippen LogP contribution < -0.4 is 10.2 Å². The summed E-state index contributed by atoms with van der Waals surface area (Å²) in [6.07, 6.45) is 0. The quantitative estimate of drug-likeness (QED) is 0.807. The normalized spacial score (nSPS) is 11.4. The zero-order chi connectivity index (χ0) is 14.4. The molecule has 1 rings (SSSR count). The predicted octanol–water partition coefficient (Wildman–Crippen LogP) is 4.18. The molecule has 0 spiro atoms. The van der Waals surface area contributed by atoms with Crippen LogP contribution in [-0.2, 0) is 6.54 Å². The fourth-order valence-electron chi connectivity index (χ4n) is 2.21. The first kappa shape index (κ1) is 16.3. The molecule has 0 heterocycles. The highest BCUT2D eigenvalue weighted by Crippen LogP contribution is 2.24. The first-order valence-corrected chi connectivity index (χ1v) is 7.48. The third-order valence-corrected chi connectivity index (χ3v) is 3.19. The number of benzene rings is 1. The van der Waals surface area contributed by atoms with Crippen LogP contribution in [0, 0.1) is 11.8 Å². The Hall–Kier alpha value is -0.730. The van der Waals surface area contributed by atoms with Gasteiger partial charge in [0.25, 0.3) is 0 Å². The monoisotopic (exact) mass is 282 g/mol. The molecule has 0 aromatic heterocycles.